The number of ether oxygens (including phenoxy) is 3. The molecule has 6 heteroatoms. The molecule has 3 atom stereocenters. The highest BCUT2D eigenvalue weighted by atomic mass is 16.6. The summed E-state index contributed by atoms with van der Waals surface area (Å²) in [5.74, 6) is -1.47. The van der Waals surface area contributed by atoms with Crippen LogP contribution >= 0.6 is 0 Å². The summed E-state index contributed by atoms with van der Waals surface area (Å²) >= 11 is 0. The fraction of sp³-hybridized carbons (Fsp3) is 0.667. The molecule has 2 rings (SSSR count). The van der Waals surface area contributed by atoms with E-state index < -0.39 is 23.3 Å². The number of hydrogen-bond acceptors (Lipinski definition) is 6. The molecule has 0 saturated heterocycles. The Morgan fingerprint density at radius 2 is 1.63 bits per heavy atom. The van der Waals surface area contributed by atoms with E-state index >= 15 is 0 Å². The average Bonchev–Trinajstić information content (AvgIpc) is 3.05. The lowest BCUT2D eigenvalue weighted by atomic mass is 9.73. The van der Waals surface area contributed by atoms with Gasteiger partial charge in [-0.05, 0) is 57.3 Å². The molecule has 0 N–H and O–H groups in total. The molecule has 2 fully saturated rings. The van der Waals surface area contributed by atoms with E-state index in [4.69, 9.17) is 14.2 Å². The third kappa shape index (κ3) is 3.80. The van der Waals surface area contributed by atoms with Crippen LogP contribution in [0.3, 0.4) is 0 Å². The largest absolute Gasteiger partial charge is 0.465 e. The molecule has 0 spiro atoms. The number of carbonyl (C=O) groups is 3. The number of allylic oxidation sites excluding steroid dienone is 2. The summed E-state index contributed by atoms with van der Waals surface area (Å²) in [6.45, 7) is 12.1. The van der Waals surface area contributed by atoms with Crippen molar-refractivity contribution < 1.29 is 28.6 Å². The molecular weight excluding hydrogens is 348 g/mol. The normalized spacial score (nSPS) is 28.8. The molecule has 27 heavy (non-hydrogen) atoms. The van der Waals surface area contributed by atoms with Crippen LogP contribution in [0.4, 0.5) is 0 Å². The van der Waals surface area contributed by atoms with Gasteiger partial charge in [0.1, 0.15) is 0 Å². The van der Waals surface area contributed by atoms with Crippen molar-refractivity contribution in [3.05, 3.63) is 24.3 Å². The smallest absolute Gasteiger partial charge is 0.330 e. The van der Waals surface area contributed by atoms with Gasteiger partial charge in [-0.15, -0.1) is 0 Å². The second-order valence-electron chi connectivity index (χ2n) is 7.54. The summed E-state index contributed by atoms with van der Waals surface area (Å²) in [6, 6.07) is 0. The first-order chi connectivity index (χ1) is 12.7. The third-order valence-corrected chi connectivity index (χ3v) is 5.94. The van der Waals surface area contributed by atoms with Crippen LogP contribution < -0.4 is 0 Å². The van der Waals surface area contributed by atoms with Gasteiger partial charge in [0.2, 0.25) is 0 Å². The summed E-state index contributed by atoms with van der Waals surface area (Å²) in [7, 11) is 0. The second-order valence-corrected chi connectivity index (χ2v) is 7.54. The van der Waals surface area contributed by atoms with Gasteiger partial charge in [0.15, 0.2) is 5.41 Å². The standard InChI is InChI=1S/C21H30O6/c1-6-25-17(22)10-9-15-11-14(4)16-12-21(13-20(15,16)5,18(23)26-7-2)19(24)27-8-3/h9-10,15-16H,4,6-8,11-13H2,1-3,5H3/b10-9+. The molecule has 0 radical (unpaired) electrons. The van der Waals surface area contributed by atoms with Crippen LogP contribution in [0.5, 0.6) is 0 Å². The van der Waals surface area contributed by atoms with Crippen molar-refractivity contribution in [3.63, 3.8) is 0 Å². The highest BCUT2D eigenvalue weighted by Crippen LogP contribution is 2.65. The average molecular weight is 378 g/mol. The van der Waals surface area contributed by atoms with E-state index in [1.165, 1.54) is 6.08 Å². The van der Waals surface area contributed by atoms with Gasteiger partial charge < -0.3 is 14.2 Å². The Hall–Kier alpha value is -2.11. The number of carbonyl (C=O) groups excluding carboxylic acids is 3. The van der Waals surface area contributed by atoms with Crippen molar-refractivity contribution in [3.8, 4) is 0 Å². The van der Waals surface area contributed by atoms with E-state index in [1.54, 1.807) is 20.8 Å². The van der Waals surface area contributed by atoms with Crippen molar-refractivity contribution in [1.82, 2.24) is 0 Å². The maximum absolute atomic E-state index is 12.8. The van der Waals surface area contributed by atoms with Crippen molar-refractivity contribution in [2.24, 2.45) is 22.7 Å². The maximum Gasteiger partial charge on any atom is 0.330 e. The molecule has 0 heterocycles. The number of esters is 3. The highest BCUT2D eigenvalue weighted by molar-refractivity contribution is 6.00. The van der Waals surface area contributed by atoms with Gasteiger partial charge in [-0.25, -0.2) is 4.79 Å². The van der Waals surface area contributed by atoms with E-state index in [0.29, 0.717) is 19.4 Å². The predicted octanol–water partition coefficient (Wildman–Crippen LogP) is 3.21. The summed E-state index contributed by atoms with van der Waals surface area (Å²) in [6.07, 6.45) is 4.64. The molecule has 6 nitrogen and oxygen atoms in total. The molecule has 0 aromatic carbocycles. The van der Waals surface area contributed by atoms with Crippen LogP contribution in [0, 0.1) is 22.7 Å². The van der Waals surface area contributed by atoms with Crippen molar-refractivity contribution in [1.29, 1.82) is 0 Å². The lowest BCUT2D eigenvalue weighted by molar-refractivity contribution is -0.172. The van der Waals surface area contributed by atoms with E-state index in [2.05, 4.69) is 13.5 Å². The molecule has 150 valence electrons. The van der Waals surface area contributed by atoms with Crippen LogP contribution in [-0.2, 0) is 28.6 Å². The predicted molar refractivity (Wildman–Crippen MR) is 99.6 cm³/mol. The minimum absolute atomic E-state index is 0.00914. The summed E-state index contributed by atoms with van der Waals surface area (Å²) in [5, 5.41) is 0. The molecule has 0 bridgehead atoms. The molecule has 3 unspecified atom stereocenters. The Kier molecular flexibility index (Phi) is 6.50. The number of hydrogen-bond donors (Lipinski definition) is 0. The van der Waals surface area contributed by atoms with E-state index in [-0.39, 0.29) is 30.5 Å². The Balaban J connectivity index is 2.35. The fourth-order valence-electron chi connectivity index (χ4n) is 4.69. The van der Waals surface area contributed by atoms with Crippen LogP contribution in [0.25, 0.3) is 0 Å². The van der Waals surface area contributed by atoms with E-state index in [1.807, 2.05) is 6.08 Å². The molecule has 2 aliphatic carbocycles. The Bertz CT molecular complexity index is 631. The van der Waals surface area contributed by atoms with Gasteiger partial charge >= 0.3 is 17.9 Å². The van der Waals surface area contributed by atoms with Gasteiger partial charge in [-0.3, -0.25) is 9.59 Å². The van der Waals surface area contributed by atoms with Gasteiger partial charge in [-0.2, -0.15) is 0 Å². The highest BCUT2D eigenvalue weighted by Gasteiger charge is 2.66. The van der Waals surface area contributed by atoms with Gasteiger partial charge in [-0.1, -0.05) is 25.2 Å². The summed E-state index contributed by atoms with van der Waals surface area (Å²) in [4.78, 5) is 37.3. The zero-order valence-corrected chi connectivity index (χ0v) is 16.7. The maximum atomic E-state index is 12.8. The SMILES string of the molecule is C=C1CC(/C=C/C(=O)OCC)C2(C)CC(C(=O)OCC)(C(=O)OCC)CC12. The lowest BCUT2D eigenvalue weighted by Crippen LogP contribution is -2.41. The molecular formula is C21H30O6. The monoisotopic (exact) mass is 378 g/mol. The zero-order chi connectivity index (χ0) is 20.2. The Morgan fingerprint density at radius 1 is 1.07 bits per heavy atom. The van der Waals surface area contributed by atoms with Crippen molar-refractivity contribution in [2.75, 3.05) is 19.8 Å². The third-order valence-electron chi connectivity index (χ3n) is 5.94. The Morgan fingerprint density at radius 3 is 2.15 bits per heavy atom. The van der Waals surface area contributed by atoms with Gasteiger partial charge in [0.05, 0.1) is 19.8 Å². The first-order valence-corrected chi connectivity index (χ1v) is 9.62. The Labute approximate surface area is 160 Å². The van der Waals surface area contributed by atoms with Gasteiger partial charge in [0, 0.05) is 6.08 Å². The van der Waals surface area contributed by atoms with Crippen LogP contribution in [0.2, 0.25) is 0 Å². The topological polar surface area (TPSA) is 78.9 Å². The van der Waals surface area contributed by atoms with Crippen molar-refractivity contribution in [2.45, 2.75) is 47.0 Å². The minimum atomic E-state index is -1.31. The quantitative estimate of drug-likeness (QED) is 0.223. The number of fused-ring (bicyclic) bond motifs is 1. The lowest BCUT2D eigenvalue weighted by Gasteiger charge is -2.31. The van der Waals surface area contributed by atoms with Crippen LogP contribution in [-0.4, -0.2) is 37.7 Å². The second kappa shape index (κ2) is 8.28. The molecule has 0 amide bonds. The number of rotatable bonds is 7. The first kappa shape index (κ1) is 21.2. The zero-order valence-electron chi connectivity index (χ0n) is 16.7. The molecule has 2 aliphatic rings. The van der Waals surface area contributed by atoms with Crippen molar-refractivity contribution >= 4 is 17.9 Å². The first-order valence-electron chi connectivity index (χ1n) is 9.62. The van der Waals surface area contributed by atoms with Crippen LogP contribution in [0.15, 0.2) is 24.3 Å². The summed E-state index contributed by atoms with van der Waals surface area (Å²) < 4.78 is 15.4. The van der Waals surface area contributed by atoms with Gasteiger partial charge in [0.25, 0.3) is 0 Å². The minimum Gasteiger partial charge on any atom is -0.465 e. The molecule has 0 aromatic heterocycles. The summed E-state index contributed by atoms with van der Waals surface area (Å²) in [5.41, 5.74) is -0.698. The fourth-order valence-corrected chi connectivity index (χ4v) is 4.69. The van der Waals surface area contributed by atoms with Crippen LogP contribution in [0.1, 0.15) is 47.0 Å². The van der Waals surface area contributed by atoms with E-state index in [0.717, 1.165) is 12.0 Å². The van der Waals surface area contributed by atoms with E-state index in [9.17, 15) is 14.4 Å². The molecule has 2 saturated carbocycles. The molecule has 0 aliphatic heterocycles. The molecule has 0 aromatic rings.